The van der Waals surface area contributed by atoms with Gasteiger partial charge in [0.05, 0.1) is 24.0 Å². The highest BCUT2D eigenvalue weighted by Gasteiger charge is 2.25. The van der Waals surface area contributed by atoms with Crippen LogP contribution in [-0.2, 0) is 6.42 Å². The van der Waals surface area contributed by atoms with Crippen molar-refractivity contribution in [3.63, 3.8) is 0 Å². The summed E-state index contributed by atoms with van der Waals surface area (Å²) in [5.41, 5.74) is 3.68. The van der Waals surface area contributed by atoms with Crippen molar-refractivity contribution < 1.29 is 9.53 Å². The Kier molecular flexibility index (Phi) is 5.12. The zero-order valence-electron chi connectivity index (χ0n) is 17.4. The first-order valence-corrected chi connectivity index (χ1v) is 10.7. The van der Waals surface area contributed by atoms with E-state index in [1.54, 1.807) is 6.20 Å². The van der Waals surface area contributed by atoms with Crippen molar-refractivity contribution in [2.24, 2.45) is 0 Å². The molecule has 1 amide bonds. The Morgan fingerprint density at radius 1 is 1.16 bits per heavy atom. The fourth-order valence-electron chi connectivity index (χ4n) is 4.16. The number of aromatic nitrogens is 3. The van der Waals surface area contributed by atoms with Gasteiger partial charge < -0.3 is 10.1 Å². The topological polar surface area (TPSA) is 69.0 Å². The zero-order chi connectivity index (χ0) is 21.2. The summed E-state index contributed by atoms with van der Waals surface area (Å²) in [6.45, 7) is 2.50. The highest BCUT2D eigenvalue weighted by atomic mass is 16.5. The molecule has 0 saturated carbocycles. The van der Waals surface area contributed by atoms with E-state index in [0.29, 0.717) is 18.1 Å². The molecular weight excluding hydrogens is 388 g/mol. The summed E-state index contributed by atoms with van der Waals surface area (Å²) < 4.78 is 7.37. The first kappa shape index (κ1) is 19.3. The van der Waals surface area contributed by atoms with Gasteiger partial charge in [0.2, 0.25) is 5.88 Å². The maximum atomic E-state index is 13.0. The highest BCUT2D eigenvalue weighted by molar-refractivity contribution is 5.98. The predicted molar refractivity (Wildman–Crippen MR) is 120 cm³/mol. The first-order valence-electron chi connectivity index (χ1n) is 10.7. The van der Waals surface area contributed by atoms with E-state index >= 15 is 0 Å². The number of amides is 1. The van der Waals surface area contributed by atoms with Crippen LogP contribution in [0.4, 0.5) is 0 Å². The summed E-state index contributed by atoms with van der Waals surface area (Å²) in [5.74, 6) is 0.522. The van der Waals surface area contributed by atoms with Crippen molar-refractivity contribution in [2.45, 2.75) is 32.2 Å². The van der Waals surface area contributed by atoms with E-state index in [9.17, 15) is 4.79 Å². The average Bonchev–Trinajstić information content (AvgIpc) is 3.25. The third kappa shape index (κ3) is 3.89. The van der Waals surface area contributed by atoms with Crippen LogP contribution in [0.1, 0.15) is 47.4 Å². The van der Waals surface area contributed by atoms with Gasteiger partial charge in [-0.25, -0.2) is 9.67 Å². The Morgan fingerprint density at radius 2 is 2.03 bits per heavy atom. The second kappa shape index (κ2) is 8.22. The van der Waals surface area contributed by atoms with Crippen LogP contribution in [-0.4, -0.2) is 27.3 Å². The molecule has 0 spiro atoms. The van der Waals surface area contributed by atoms with Crippen molar-refractivity contribution in [1.29, 1.82) is 0 Å². The number of nitrogens with zero attached hydrogens (tertiary/aromatic N) is 3. The maximum absolute atomic E-state index is 13.0. The third-order valence-electron chi connectivity index (χ3n) is 5.70. The van der Waals surface area contributed by atoms with Crippen LogP contribution in [0.5, 0.6) is 5.88 Å². The molecule has 0 saturated heterocycles. The largest absolute Gasteiger partial charge is 0.478 e. The van der Waals surface area contributed by atoms with Crippen molar-refractivity contribution in [3.8, 4) is 11.6 Å². The van der Waals surface area contributed by atoms with Crippen LogP contribution >= 0.6 is 0 Å². The van der Waals surface area contributed by atoms with E-state index < -0.39 is 0 Å². The molecule has 6 heteroatoms. The molecule has 1 aliphatic rings. The van der Waals surface area contributed by atoms with Crippen molar-refractivity contribution >= 4 is 16.7 Å². The van der Waals surface area contributed by atoms with Gasteiger partial charge in [0, 0.05) is 29.6 Å². The second-order valence-corrected chi connectivity index (χ2v) is 7.74. The zero-order valence-corrected chi connectivity index (χ0v) is 17.4. The van der Waals surface area contributed by atoms with E-state index in [4.69, 9.17) is 9.84 Å². The lowest BCUT2D eigenvalue weighted by molar-refractivity contribution is 0.0933. The normalized spacial score (nSPS) is 15.5. The minimum atomic E-state index is -0.0566. The molecule has 0 radical (unpaired) electrons. The van der Waals surface area contributed by atoms with Gasteiger partial charge in [-0.2, -0.15) is 5.10 Å². The molecule has 31 heavy (non-hydrogen) atoms. The lowest BCUT2D eigenvalue weighted by atomic mass is 9.93. The van der Waals surface area contributed by atoms with Gasteiger partial charge in [0.15, 0.2) is 0 Å². The van der Waals surface area contributed by atoms with E-state index in [1.807, 2.05) is 66.3 Å². The molecule has 0 fully saturated rings. The Balaban J connectivity index is 1.39. The molecule has 2 aromatic heterocycles. The number of benzene rings is 2. The van der Waals surface area contributed by atoms with E-state index in [2.05, 4.69) is 16.4 Å². The van der Waals surface area contributed by atoms with Gasteiger partial charge >= 0.3 is 0 Å². The quantitative estimate of drug-likeness (QED) is 0.519. The van der Waals surface area contributed by atoms with E-state index in [-0.39, 0.29) is 11.9 Å². The summed E-state index contributed by atoms with van der Waals surface area (Å²) in [4.78, 5) is 17.2. The van der Waals surface area contributed by atoms with Gasteiger partial charge in [-0.3, -0.25) is 4.79 Å². The van der Waals surface area contributed by atoms with Crippen LogP contribution < -0.4 is 10.1 Å². The minimum absolute atomic E-state index is 0.0512. The molecule has 5 rings (SSSR count). The van der Waals surface area contributed by atoms with Gasteiger partial charge in [-0.1, -0.05) is 30.3 Å². The molecule has 2 heterocycles. The number of nitrogens with one attached hydrogen (secondary N) is 1. The van der Waals surface area contributed by atoms with Crippen LogP contribution in [0.25, 0.3) is 16.5 Å². The van der Waals surface area contributed by atoms with Gasteiger partial charge in [0.1, 0.15) is 0 Å². The standard InChI is InChI=1S/C25H24N4O2/c1-2-31-24-15-20(12-13-26-24)29-16-21-22(8-5-9-23(21)28-29)27-25(30)19-11-10-17-6-3-4-7-18(17)14-19/h3-4,6-7,10-16,22H,2,5,8-9H2,1H3,(H,27,30)/t22-/m0/s1. The molecular formula is C25H24N4O2. The van der Waals surface area contributed by atoms with E-state index in [1.165, 1.54) is 0 Å². The Hall–Kier alpha value is -3.67. The molecule has 6 nitrogen and oxygen atoms in total. The molecule has 4 aromatic rings. The van der Waals surface area contributed by atoms with Crippen LogP contribution in [0.15, 0.2) is 67.0 Å². The molecule has 1 atom stereocenters. The van der Waals surface area contributed by atoms with E-state index in [0.717, 1.165) is 47.0 Å². The minimum Gasteiger partial charge on any atom is -0.478 e. The fraction of sp³-hybridized carbons (Fsp3) is 0.240. The smallest absolute Gasteiger partial charge is 0.251 e. The molecule has 2 aromatic carbocycles. The predicted octanol–water partition coefficient (Wildman–Crippen LogP) is 4.63. The molecule has 1 N–H and O–H groups in total. The van der Waals surface area contributed by atoms with Crippen LogP contribution in [0.2, 0.25) is 0 Å². The van der Waals surface area contributed by atoms with Crippen molar-refractivity contribution in [1.82, 2.24) is 20.1 Å². The highest BCUT2D eigenvalue weighted by Crippen LogP contribution is 2.30. The number of carbonyl (C=O) groups is 1. The molecule has 1 aliphatic carbocycles. The van der Waals surface area contributed by atoms with Gasteiger partial charge in [-0.05, 0) is 55.2 Å². The third-order valence-corrected chi connectivity index (χ3v) is 5.70. The summed E-state index contributed by atoms with van der Waals surface area (Å²) in [5, 5.41) is 10.2. The SMILES string of the molecule is CCOc1cc(-n2cc3c(n2)CCC[C@@H]3NC(=O)c2ccc3ccccc3c2)ccn1. The summed E-state index contributed by atoms with van der Waals surface area (Å²) in [6, 6.07) is 17.6. The second-order valence-electron chi connectivity index (χ2n) is 7.74. The van der Waals surface area contributed by atoms with Crippen LogP contribution in [0.3, 0.4) is 0 Å². The number of rotatable bonds is 5. The number of carbonyl (C=O) groups excluding carboxylic acids is 1. The summed E-state index contributed by atoms with van der Waals surface area (Å²) in [6.07, 6.45) is 6.55. The number of pyridine rings is 1. The lowest BCUT2D eigenvalue weighted by Gasteiger charge is -2.22. The average molecular weight is 412 g/mol. The monoisotopic (exact) mass is 412 g/mol. The Labute approximate surface area is 180 Å². The molecule has 0 bridgehead atoms. The summed E-state index contributed by atoms with van der Waals surface area (Å²) in [7, 11) is 0. The Morgan fingerprint density at radius 3 is 2.90 bits per heavy atom. The van der Waals surface area contributed by atoms with Crippen molar-refractivity contribution in [3.05, 3.63) is 83.8 Å². The fourth-order valence-corrected chi connectivity index (χ4v) is 4.16. The van der Waals surface area contributed by atoms with Gasteiger partial charge in [-0.15, -0.1) is 0 Å². The molecule has 0 aliphatic heterocycles. The number of aryl methyl sites for hydroxylation is 1. The lowest BCUT2D eigenvalue weighted by Crippen LogP contribution is -2.30. The maximum Gasteiger partial charge on any atom is 0.251 e. The Bertz CT molecular complexity index is 1250. The number of hydrogen-bond acceptors (Lipinski definition) is 4. The molecule has 0 unspecified atom stereocenters. The van der Waals surface area contributed by atoms with Crippen LogP contribution in [0, 0.1) is 0 Å². The number of ether oxygens (including phenoxy) is 1. The van der Waals surface area contributed by atoms with Gasteiger partial charge in [0.25, 0.3) is 5.91 Å². The first-order chi connectivity index (χ1) is 15.2. The number of hydrogen-bond donors (Lipinski definition) is 1. The number of fused-ring (bicyclic) bond motifs is 2. The summed E-state index contributed by atoms with van der Waals surface area (Å²) >= 11 is 0. The molecule has 156 valence electrons. The van der Waals surface area contributed by atoms with Crippen molar-refractivity contribution in [2.75, 3.05) is 6.61 Å².